The number of hydrogen-bond acceptors (Lipinski definition) is 4. The van der Waals surface area contributed by atoms with E-state index < -0.39 is 5.92 Å². The molecule has 0 radical (unpaired) electrons. The van der Waals surface area contributed by atoms with Crippen LogP contribution in [-0.2, 0) is 11.2 Å². The molecule has 1 unspecified atom stereocenters. The normalized spacial score (nSPS) is 17.6. The molecule has 1 atom stereocenters. The molecular weight excluding hydrogens is 214 g/mol. The van der Waals surface area contributed by atoms with Gasteiger partial charge in [-0.2, -0.15) is 15.5 Å². The molecule has 4 nitrogen and oxygen atoms in total. The van der Waals surface area contributed by atoms with Gasteiger partial charge in [0, 0.05) is 12.1 Å². The van der Waals surface area contributed by atoms with Crippen LogP contribution in [0.25, 0.3) is 0 Å². The second-order valence-corrected chi connectivity index (χ2v) is 4.52. The number of ketones is 1. The van der Waals surface area contributed by atoms with Crippen LogP contribution < -0.4 is 0 Å². The SMILES string of the molecule is N#CC(Cc1ccnnc1)C(=O)C1CCCC1. The van der Waals surface area contributed by atoms with E-state index in [-0.39, 0.29) is 11.7 Å². The van der Waals surface area contributed by atoms with Crippen molar-refractivity contribution in [1.82, 2.24) is 10.2 Å². The van der Waals surface area contributed by atoms with E-state index in [9.17, 15) is 4.79 Å². The van der Waals surface area contributed by atoms with Gasteiger partial charge in [0.25, 0.3) is 0 Å². The van der Waals surface area contributed by atoms with Crippen molar-refractivity contribution in [2.75, 3.05) is 0 Å². The summed E-state index contributed by atoms with van der Waals surface area (Å²) in [5.41, 5.74) is 0.901. The number of nitriles is 1. The Balaban J connectivity index is 2.02. The Kier molecular flexibility index (Phi) is 3.81. The van der Waals surface area contributed by atoms with Crippen molar-refractivity contribution >= 4 is 5.78 Å². The van der Waals surface area contributed by atoms with E-state index in [1.807, 2.05) is 0 Å². The van der Waals surface area contributed by atoms with Gasteiger partial charge >= 0.3 is 0 Å². The fourth-order valence-corrected chi connectivity index (χ4v) is 2.38. The van der Waals surface area contributed by atoms with Crippen molar-refractivity contribution in [1.29, 1.82) is 5.26 Å². The third kappa shape index (κ3) is 2.88. The minimum Gasteiger partial charge on any atom is -0.298 e. The number of rotatable bonds is 4. The lowest BCUT2D eigenvalue weighted by Crippen LogP contribution is -2.22. The molecular formula is C13H15N3O. The standard InChI is InChI=1S/C13H15N3O/c14-8-12(7-10-5-6-15-16-9-10)13(17)11-3-1-2-4-11/h5-6,9,11-12H,1-4,7H2. The first-order valence-corrected chi connectivity index (χ1v) is 6.00. The first kappa shape index (κ1) is 11.7. The largest absolute Gasteiger partial charge is 0.298 e. The summed E-state index contributed by atoms with van der Waals surface area (Å²) in [6, 6.07) is 3.93. The molecule has 0 aliphatic heterocycles. The van der Waals surface area contributed by atoms with Gasteiger partial charge in [0.05, 0.1) is 12.3 Å². The molecule has 1 aromatic heterocycles. The second kappa shape index (κ2) is 5.53. The molecule has 1 aliphatic carbocycles. The molecule has 4 heteroatoms. The van der Waals surface area contributed by atoms with Gasteiger partial charge in [-0.25, -0.2) is 0 Å². The van der Waals surface area contributed by atoms with Crippen molar-refractivity contribution in [2.24, 2.45) is 11.8 Å². The van der Waals surface area contributed by atoms with Crippen LogP contribution in [0.1, 0.15) is 31.2 Å². The van der Waals surface area contributed by atoms with E-state index >= 15 is 0 Å². The van der Waals surface area contributed by atoms with Gasteiger partial charge in [0.1, 0.15) is 5.92 Å². The Morgan fingerprint density at radius 3 is 2.82 bits per heavy atom. The van der Waals surface area contributed by atoms with Crippen LogP contribution in [0.3, 0.4) is 0 Å². The Bertz CT molecular complexity index is 418. The monoisotopic (exact) mass is 229 g/mol. The van der Waals surface area contributed by atoms with Gasteiger partial charge in [-0.05, 0) is 30.9 Å². The van der Waals surface area contributed by atoms with Gasteiger partial charge < -0.3 is 0 Å². The first-order chi connectivity index (χ1) is 8.31. The van der Waals surface area contributed by atoms with Crippen molar-refractivity contribution in [3.8, 4) is 6.07 Å². The van der Waals surface area contributed by atoms with Crippen molar-refractivity contribution in [3.05, 3.63) is 24.0 Å². The molecule has 17 heavy (non-hydrogen) atoms. The molecule has 1 heterocycles. The molecule has 2 rings (SSSR count). The summed E-state index contributed by atoms with van der Waals surface area (Å²) in [6.45, 7) is 0. The third-order valence-corrected chi connectivity index (χ3v) is 3.34. The molecule has 1 aromatic rings. The Morgan fingerprint density at radius 2 is 2.24 bits per heavy atom. The minimum atomic E-state index is -0.526. The smallest absolute Gasteiger partial charge is 0.153 e. The van der Waals surface area contributed by atoms with Gasteiger partial charge in [-0.3, -0.25) is 4.79 Å². The number of Topliss-reactive ketones (excluding diaryl/α,β-unsaturated/α-hetero) is 1. The quantitative estimate of drug-likeness (QED) is 0.791. The summed E-state index contributed by atoms with van der Waals surface area (Å²) in [7, 11) is 0. The molecule has 1 aliphatic rings. The lowest BCUT2D eigenvalue weighted by atomic mass is 9.88. The molecule has 88 valence electrons. The number of hydrogen-bond donors (Lipinski definition) is 0. The maximum absolute atomic E-state index is 12.1. The van der Waals surface area contributed by atoms with Crippen molar-refractivity contribution in [2.45, 2.75) is 32.1 Å². The highest BCUT2D eigenvalue weighted by Gasteiger charge is 2.29. The maximum atomic E-state index is 12.1. The predicted molar refractivity (Wildman–Crippen MR) is 61.8 cm³/mol. The van der Waals surface area contributed by atoms with E-state index in [2.05, 4.69) is 16.3 Å². The Morgan fingerprint density at radius 1 is 1.47 bits per heavy atom. The van der Waals surface area contributed by atoms with E-state index in [0.717, 1.165) is 31.2 Å². The fourth-order valence-electron chi connectivity index (χ4n) is 2.38. The predicted octanol–water partition coefficient (Wildman–Crippen LogP) is 1.92. The maximum Gasteiger partial charge on any atom is 0.153 e. The van der Waals surface area contributed by atoms with Crippen LogP contribution in [0.15, 0.2) is 18.5 Å². The number of carbonyl (C=O) groups is 1. The summed E-state index contributed by atoms with van der Waals surface area (Å²) in [5, 5.41) is 16.6. The Labute approximate surface area is 101 Å². The summed E-state index contributed by atoms with van der Waals surface area (Å²) < 4.78 is 0. The van der Waals surface area contributed by atoms with Gasteiger partial charge in [0.15, 0.2) is 5.78 Å². The average Bonchev–Trinajstić information content (AvgIpc) is 2.90. The minimum absolute atomic E-state index is 0.106. The second-order valence-electron chi connectivity index (χ2n) is 4.52. The van der Waals surface area contributed by atoms with Crippen molar-refractivity contribution in [3.63, 3.8) is 0 Å². The molecule has 0 aromatic carbocycles. The molecule has 0 N–H and O–H groups in total. The summed E-state index contributed by atoms with van der Waals surface area (Å²) in [6.07, 6.45) is 7.80. The van der Waals surface area contributed by atoms with Crippen LogP contribution in [-0.4, -0.2) is 16.0 Å². The fraction of sp³-hybridized carbons (Fsp3) is 0.538. The van der Waals surface area contributed by atoms with Crippen LogP contribution >= 0.6 is 0 Å². The Hall–Kier alpha value is -1.76. The van der Waals surface area contributed by atoms with E-state index in [1.54, 1.807) is 18.5 Å². The molecule has 0 bridgehead atoms. The number of carbonyl (C=O) groups excluding carboxylic acids is 1. The van der Waals surface area contributed by atoms with Crippen LogP contribution in [0.5, 0.6) is 0 Å². The molecule has 0 amide bonds. The zero-order valence-electron chi connectivity index (χ0n) is 9.67. The number of nitrogens with zero attached hydrogens (tertiary/aromatic N) is 3. The van der Waals surface area contributed by atoms with Crippen LogP contribution in [0.2, 0.25) is 0 Å². The topological polar surface area (TPSA) is 66.6 Å². The first-order valence-electron chi connectivity index (χ1n) is 6.00. The molecule has 0 saturated heterocycles. The lowest BCUT2D eigenvalue weighted by molar-refractivity contribution is -0.125. The van der Waals surface area contributed by atoms with Crippen LogP contribution in [0, 0.1) is 23.2 Å². The van der Waals surface area contributed by atoms with E-state index in [4.69, 9.17) is 5.26 Å². The van der Waals surface area contributed by atoms with Gasteiger partial charge in [-0.1, -0.05) is 12.8 Å². The lowest BCUT2D eigenvalue weighted by Gasteiger charge is -2.12. The summed E-state index contributed by atoms with van der Waals surface area (Å²) >= 11 is 0. The zero-order valence-corrected chi connectivity index (χ0v) is 9.67. The number of aromatic nitrogens is 2. The van der Waals surface area contributed by atoms with Crippen molar-refractivity contribution < 1.29 is 4.79 Å². The highest BCUT2D eigenvalue weighted by molar-refractivity contribution is 5.86. The zero-order chi connectivity index (χ0) is 12.1. The molecule has 1 saturated carbocycles. The summed E-state index contributed by atoms with van der Waals surface area (Å²) in [5.74, 6) is -0.307. The molecule has 1 fully saturated rings. The highest BCUT2D eigenvalue weighted by atomic mass is 16.1. The van der Waals surface area contributed by atoms with Crippen LogP contribution in [0.4, 0.5) is 0 Å². The van der Waals surface area contributed by atoms with E-state index in [0.29, 0.717) is 6.42 Å². The van der Waals surface area contributed by atoms with E-state index in [1.165, 1.54) is 0 Å². The average molecular weight is 229 g/mol. The van der Waals surface area contributed by atoms with Gasteiger partial charge in [0.2, 0.25) is 0 Å². The summed E-state index contributed by atoms with van der Waals surface area (Å²) in [4.78, 5) is 12.1. The molecule has 0 spiro atoms. The third-order valence-electron chi connectivity index (χ3n) is 3.34. The van der Waals surface area contributed by atoms with Gasteiger partial charge in [-0.15, -0.1) is 0 Å². The highest BCUT2D eigenvalue weighted by Crippen LogP contribution is 2.28.